The second-order valence-electron chi connectivity index (χ2n) is 8.71. The number of rotatable bonds is 8. The third kappa shape index (κ3) is 5.30. The number of hydrogen-bond donors (Lipinski definition) is 2. The van der Waals surface area contributed by atoms with E-state index in [1.165, 1.54) is 16.9 Å². The van der Waals surface area contributed by atoms with Crippen molar-refractivity contribution in [1.82, 2.24) is 29.8 Å². The Morgan fingerprint density at radius 1 is 1.15 bits per heavy atom. The number of para-hydroxylation sites is 2. The number of carbonyl (C=O) groups is 2. The fraction of sp³-hybridized carbons (Fsp3) is 0.500. The number of urea groups is 1. The fourth-order valence-electron chi connectivity index (χ4n) is 3.68. The lowest BCUT2D eigenvalue weighted by molar-refractivity contribution is 0.0992. The summed E-state index contributed by atoms with van der Waals surface area (Å²) < 4.78 is 6.87. The lowest BCUT2D eigenvalue weighted by Crippen LogP contribution is -2.46. The average molecular weight is 458 g/mol. The number of carbonyl (C=O) groups excluding carboxylic acids is 1. The summed E-state index contributed by atoms with van der Waals surface area (Å²) in [6, 6.07) is 7.21. The van der Waals surface area contributed by atoms with Crippen LogP contribution in [0.4, 0.5) is 15.4 Å². The number of ether oxygens (including phenoxy) is 1. The number of methoxy groups -OCH3 is 1. The van der Waals surface area contributed by atoms with Crippen molar-refractivity contribution in [3.05, 3.63) is 30.1 Å². The summed E-state index contributed by atoms with van der Waals surface area (Å²) >= 11 is 0. The number of fused-ring (bicyclic) bond motifs is 3. The van der Waals surface area contributed by atoms with Crippen LogP contribution in [0.2, 0.25) is 0 Å². The summed E-state index contributed by atoms with van der Waals surface area (Å²) in [7, 11) is 1.49. The molecule has 33 heavy (non-hydrogen) atoms. The Kier molecular flexibility index (Phi) is 7.32. The van der Waals surface area contributed by atoms with Gasteiger partial charge in [0.15, 0.2) is 5.82 Å². The van der Waals surface area contributed by atoms with Gasteiger partial charge in [-0.3, -0.25) is 9.30 Å². The summed E-state index contributed by atoms with van der Waals surface area (Å²) in [6.07, 6.45) is 0.176. The first kappa shape index (κ1) is 24.2. The summed E-state index contributed by atoms with van der Waals surface area (Å²) in [4.78, 5) is 32.3. The number of carboxylic acid groups (broad SMARTS) is 1. The van der Waals surface area contributed by atoms with E-state index in [0.29, 0.717) is 48.7 Å². The summed E-state index contributed by atoms with van der Waals surface area (Å²) in [5, 5.41) is 20.7. The number of amides is 3. The molecule has 0 radical (unpaired) electrons. The minimum atomic E-state index is -0.964. The molecular weight excluding hydrogens is 426 g/mol. The second-order valence-corrected chi connectivity index (χ2v) is 8.71. The van der Waals surface area contributed by atoms with Gasteiger partial charge in [0.2, 0.25) is 5.65 Å². The topological polar surface area (TPSA) is 125 Å². The molecule has 0 bridgehead atoms. The quantitative estimate of drug-likeness (QED) is 0.393. The number of nitrogens with one attached hydrogen (secondary N) is 1. The van der Waals surface area contributed by atoms with Crippen molar-refractivity contribution in [3.8, 4) is 0 Å². The smallest absolute Gasteiger partial charge is 0.407 e. The molecule has 0 saturated heterocycles. The maximum absolute atomic E-state index is 13.0. The Morgan fingerprint density at radius 3 is 2.52 bits per heavy atom. The maximum atomic E-state index is 13.0. The number of aryl methyl sites for hydroxylation is 1. The van der Waals surface area contributed by atoms with Crippen molar-refractivity contribution < 1.29 is 19.4 Å². The largest absolute Gasteiger partial charge is 0.465 e. The van der Waals surface area contributed by atoms with E-state index in [4.69, 9.17) is 9.72 Å². The highest BCUT2D eigenvalue weighted by atomic mass is 16.5. The summed E-state index contributed by atoms with van der Waals surface area (Å²) in [5.41, 5.74) is 1.52. The van der Waals surface area contributed by atoms with Gasteiger partial charge in [0, 0.05) is 25.7 Å². The van der Waals surface area contributed by atoms with Gasteiger partial charge in [0.25, 0.3) is 0 Å². The molecule has 2 aromatic heterocycles. The van der Waals surface area contributed by atoms with Crippen molar-refractivity contribution in [2.45, 2.75) is 46.1 Å². The van der Waals surface area contributed by atoms with Crippen LogP contribution in [0.3, 0.4) is 0 Å². The Labute approximate surface area is 192 Å². The standard InChI is InChI=1S/C22H31N7O4/c1-15-25-26-19-18(24-16-10-6-7-11-17(16)29(15)19)27(20(30)23-14-33-5)12-8-9-13-28(21(31)32)22(2,3)4/h6-7,10-11H,8-9,12-14H2,1-5H3,(H,23,30)(H,31,32). The molecule has 0 unspecified atom stereocenters. The highest BCUT2D eigenvalue weighted by Crippen LogP contribution is 2.25. The molecule has 11 nitrogen and oxygen atoms in total. The van der Waals surface area contributed by atoms with Crippen molar-refractivity contribution in [3.63, 3.8) is 0 Å². The van der Waals surface area contributed by atoms with Gasteiger partial charge in [0.1, 0.15) is 12.6 Å². The van der Waals surface area contributed by atoms with Gasteiger partial charge in [-0.15, -0.1) is 10.2 Å². The van der Waals surface area contributed by atoms with Crippen LogP contribution in [0.25, 0.3) is 16.7 Å². The Bertz CT molecular complexity index is 1140. The fourth-order valence-corrected chi connectivity index (χ4v) is 3.68. The normalized spacial score (nSPS) is 11.7. The van der Waals surface area contributed by atoms with Crippen molar-refractivity contribution in [1.29, 1.82) is 0 Å². The number of benzene rings is 1. The number of anilines is 1. The minimum Gasteiger partial charge on any atom is -0.465 e. The van der Waals surface area contributed by atoms with E-state index in [9.17, 15) is 14.7 Å². The van der Waals surface area contributed by atoms with Crippen LogP contribution in [0.5, 0.6) is 0 Å². The van der Waals surface area contributed by atoms with E-state index in [0.717, 1.165) is 5.52 Å². The average Bonchev–Trinajstić information content (AvgIpc) is 3.15. The van der Waals surface area contributed by atoms with Gasteiger partial charge in [0.05, 0.1) is 11.0 Å². The number of nitrogens with zero attached hydrogens (tertiary/aromatic N) is 6. The molecule has 0 aliphatic carbocycles. The molecule has 2 heterocycles. The van der Waals surface area contributed by atoms with Crippen LogP contribution in [-0.2, 0) is 4.74 Å². The maximum Gasteiger partial charge on any atom is 0.407 e. The molecule has 0 fully saturated rings. The molecule has 3 rings (SSSR count). The predicted octanol–water partition coefficient (Wildman–Crippen LogP) is 3.26. The lowest BCUT2D eigenvalue weighted by atomic mass is 10.1. The minimum absolute atomic E-state index is 0.0434. The molecule has 11 heteroatoms. The van der Waals surface area contributed by atoms with Gasteiger partial charge in [-0.2, -0.15) is 0 Å². The summed E-state index contributed by atoms with van der Waals surface area (Å²) in [6.45, 7) is 8.14. The van der Waals surface area contributed by atoms with Gasteiger partial charge < -0.3 is 20.1 Å². The van der Waals surface area contributed by atoms with Crippen LogP contribution in [0.1, 0.15) is 39.4 Å². The number of hydrogen-bond acceptors (Lipinski definition) is 6. The highest BCUT2D eigenvalue weighted by molar-refractivity contribution is 5.96. The van der Waals surface area contributed by atoms with Crippen LogP contribution in [-0.4, -0.2) is 74.2 Å². The van der Waals surface area contributed by atoms with Gasteiger partial charge in [-0.1, -0.05) is 12.1 Å². The molecular formula is C22H31N7O4. The van der Waals surface area contributed by atoms with Gasteiger partial charge in [-0.05, 0) is 52.7 Å². The molecule has 1 aromatic carbocycles. The van der Waals surface area contributed by atoms with Crippen LogP contribution < -0.4 is 10.2 Å². The van der Waals surface area contributed by atoms with Crippen LogP contribution in [0, 0.1) is 6.92 Å². The lowest BCUT2D eigenvalue weighted by Gasteiger charge is -2.33. The van der Waals surface area contributed by atoms with E-state index in [2.05, 4.69) is 15.5 Å². The third-order valence-electron chi connectivity index (χ3n) is 5.30. The Balaban J connectivity index is 1.91. The SMILES string of the molecule is COCNC(=O)N(CCCCN(C(=O)O)C(C)(C)C)c1nc2ccccc2n2c(C)nnc12. The zero-order chi connectivity index (χ0) is 24.2. The van der Waals surface area contributed by atoms with E-state index in [-0.39, 0.29) is 12.8 Å². The third-order valence-corrected chi connectivity index (χ3v) is 5.30. The van der Waals surface area contributed by atoms with E-state index in [1.54, 1.807) is 0 Å². The second kappa shape index (κ2) is 9.99. The summed E-state index contributed by atoms with van der Waals surface area (Å²) in [5.74, 6) is 1.07. The van der Waals surface area contributed by atoms with E-state index < -0.39 is 11.6 Å². The van der Waals surface area contributed by atoms with Crippen LogP contribution >= 0.6 is 0 Å². The predicted molar refractivity (Wildman–Crippen MR) is 124 cm³/mol. The van der Waals surface area contributed by atoms with Crippen LogP contribution in [0.15, 0.2) is 24.3 Å². The van der Waals surface area contributed by atoms with Crippen molar-refractivity contribution >= 4 is 34.6 Å². The Hall–Kier alpha value is -3.47. The molecule has 0 aliphatic heterocycles. The molecule has 3 amide bonds. The van der Waals surface area contributed by atoms with Gasteiger partial charge in [-0.25, -0.2) is 14.6 Å². The molecule has 0 saturated carbocycles. The van der Waals surface area contributed by atoms with E-state index in [1.807, 2.05) is 56.4 Å². The first-order chi connectivity index (χ1) is 15.6. The zero-order valence-corrected chi connectivity index (χ0v) is 19.7. The molecule has 178 valence electrons. The number of unbranched alkanes of at least 4 members (excludes halogenated alkanes) is 1. The zero-order valence-electron chi connectivity index (χ0n) is 19.7. The molecule has 2 N–H and O–H groups in total. The Morgan fingerprint density at radius 2 is 1.85 bits per heavy atom. The first-order valence-electron chi connectivity index (χ1n) is 10.8. The molecule has 0 spiro atoms. The van der Waals surface area contributed by atoms with E-state index >= 15 is 0 Å². The number of aromatic nitrogens is 4. The highest BCUT2D eigenvalue weighted by Gasteiger charge is 2.26. The molecule has 0 aliphatic rings. The molecule has 3 aromatic rings. The molecule has 0 atom stereocenters. The van der Waals surface area contributed by atoms with Crippen molar-refractivity contribution in [2.24, 2.45) is 0 Å². The first-order valence-corrected chi connectivity index (χ1v) is 10.8. The van der Waals surface area contributed by atoms with Crippen molar-refractivity contribution in [2.75, 3.05) is 31.8 Å². The van der Waals surface area contributed by atoms with Gasteiger partial charge >= 0.3 is 12.1 Å². The monoisotopic (exact) mass is 457 g/mol.